The lowest BCUT2D eigenvalue weighted by molar-refractivity contribution is 0.473. The minimum atomic E-state index is -0.119. The fraction of sp³-hybridized carbons (Fsp3) is 0.333. The van der Waals surface area contributed by atoms with E-state index in [1.807, 2.05) is 0 Å². The molecule has 0 aliphatic carbocycles. The lowest BCUT2D eigenvalue weighted by Gasteiger charge is -2.12. The monoisotopic (exact) mass is 280 g/mol. The molecule has 0 aromatic heterocycles. The van der Waals surface area contributed by atoms with Gasteiger partial charge in [0, 0.05) is 10.5 Å². The zero-order chi connectivity index (χ0) is 9.84. The third-order valence-electron chi connectivity index (χ3n) is 1.86. The van der Waals surface area contributed by atoms with E-state index in [0.29, 0.717) is 13.0 Å². The molecule has 0 unspecified atom stereocenters. The molecule has 5 N–H and O–H groups in total. The first-order valence-corrected chi connectivity index (χ1v) is 4.88. The van der Waals surface area contributed by atoms with Crippen molar-refractivity contribution < 1.29 is 5.11 Å². The standard InChI is InChI=1S/C9H13BrN2O.ClH/c10-8-2-1-6(13)5-7(8)9(12)3-4-11;/h1-2,5,9,13H,3-4,11-12H2;1H/t9-;/m0./s1. The summed E-state index contributed by atoms with van der Waals surface area (Å²) in [6, 6.07) is 4.93. The van der Waals surface area contributed by atoms with Gasteiger partial charge in [-0.05, 0) is 36.7 Å². The SMILES string of the molecule is Cl.NCC[C@H](N)c1cc(O)ccc1Br. The van der Waals surface area contributed by atoms with Gasteiger partial charge < -0.3 is 16.6 Å². The normalized spacial score (nSPS) is 11.9. The second kappa shape index (κ2) is 6.24. The van der Waals surface area contributed by atoms with Crippen molar-refractivity contribution >= 4 is 28.3 Å². The van der Waals surface area contributed by atoms with Gasteiger partial charge in [0.05, 0.1) is 0 Å². The molecule has 1 rings (SSSR count). The molecule has 5 heteroatoms. The summed E-state index contributed by atoms with van der Waals surface area (Å²) in [7, 11) is 0. The minimum Gasteiger partial charge on any atom is -0.508 e. The highest BCUT2D eigenvalue weighted by atomic mass is 79.9. The Morgan fingerprint density at radius 1 is 1.43 bits per heavy atom. The van der Waals surface area contributed by atoms with Gasteiger partial charge in [0.15, 0.2) is 0 Å². The predicted octanol–water partition coefficient (Wildman–Crippen LogP) is 1.93. The van der Waals surface area contributed by atoms with Crippen LogP contribution in [0, 0.1) is 0 Å². The molecule has 0 aliphatic rings. The molecule has 0 fully saturated rings. The van der Waals surface area contributed by atoms with Gasteiger partial charge in [-0.15, -0.1) is 12.4 Å². The molecule has 0 bridgehead atoms. The molecular weight excluding hydrogens is 267 g/mol. The number of hydrogen-bond acceptors (Lipinski definition) is 3. The molecule has 0 amide bonds. The Balaban J connectivity index is 0.00000169. The van der Waals surface area contributed by atoms with Crippen LogP contribution in [0.4, 0.5) is 0 Å². The van der Waals surface area contributed by atoms with Crippen molar-refractivity contribution in [3.63, 3.8) is 0 Å². The van der Waals surface area contributed by atoms with Gasteiger partial charge in [-0.2, -0.15) is 0 Å². The Bertz CT molecular complexity index is 296. The Kier molecular flexibility index (Phi) is 6.11. The maximum Gasteiger partial charge on any atom is 0.115 e. The average molecular weight is 282 g/mol. The van der Waals surface area contributed by atoms with Crippen LogP contribution in [0.3, 0.4) is 0 Å². The number of nitrogens with two attached hydrogens (primary N) is 2. The number of hydrogen-bond donors (Lipinski definition) is 3. The summed E-state index contributed by atoms with van der Waals surface area (Å²) in [4.78, 5) is 0. The van der Waals surface area contributed by atoms with Crippen LogP contribution in [0.1, 0.15) is 18.0 Å². The maximum absolute atomic E-state index is 9.25. The van der Waals surface area contributed by atoms with Crippen molar-refractivity contribution in [2.75, 3.05) is 6.54 Å². The summed E-state index contributed by atoms with van der Waals surface area (Å²) >= 11 is 3.37. The summed E-state index contributed by atoms with van der Waals surface area (Å²) in [5.41, 5.74) is 12.1. The van der Waals surface area contributed by atoms with E-state index in [1.165, 1.54) is 0 Å². The molecule has 0 aliphatic heterocycles. The van der Waals surface area contributed by atoms with Crippen LogP contribution < -0.4 is 11.5 Å². The molecule has 0 radical (unpaired) electrons. The largest absolute Gasteiger partial charge is 0.508 e. The fourth-order valence-electron chi connectivity index (χ4n) is 1.15. The smallest absolute Gasteiger partial charge is 0.115 e. The van der Waals surface area contributed by atoms with Crippen LogP contribution in [-0.4, -0.2) is 11.7 Å². The van der Waals surface area contributed by atoms with Crippen molar-refractivity contribution in [1.29, 1.82) is 0 Å². The van der Waals surface area contributed by atoms with Gasteiger partial charge in [-0.3, -0.25) is 0 Å². The Morgan fingerprint density at radius 2 is 2.07 bits per heavy atom. The average Bonchev–Trinajstić information content (AvgIpc) is 2.09. The quantitative estimate of drug-likeness (QED) is 0.792. The van der Waals surface area contributed by atoms with Gasteiger partial charge in [0.2, 0.25) is 0 Å². The van der Waals surface area contributed by atoms with Crippen molar-refractivity contribution in [3.8, 4) is 5.75 Å². The van der Waals surface area contributed by atoms with Crippen LogP contribution in [0.25, 0.3) is 0 Å². The number of halogens is 2. The number of aromatic hydroxyl groups is 1. The van der Waals surface area contributed by atoms with E-state index in [2.05, 4.69) is 15.9 Å². The van der Waals surface area contributed by atoms with Crippen molar-refractivity contribution in [2.45, 2.75) is 12.5 Å². The van der Waals surface area contributed by atoms with E-state index >= 15 is 0 Å². The highest BCUT2D eigenvalue weighted by molar-refractivity contribution is 9.10. The van der Waals surface area contributed by atoms with Gasteiger partial charge in [0.25, 0.3) is 0 Å². The van der Waals surface area contributed by atoms with Crippen molar-refractivity contribution in [1.82, 2.24) is 0 Å². The van der Waals surface area contributed by atoms with Crippen LogP contribution in [0.5, 0.6) is 5.75 Å². The van der Waals surface area contributed by atoms with E-state index in [9.17, 15) is 5.11 Å². The van der Waals surface area contributed by atoms with Crippen LogP contribution in [-0.2, 0) is 0 Å². The van der Waals surface area contributed by atoms with Crippen LogP contribution in [0.2, 0.25) is 0 Å². The van der Waals surface area contributed by atoms with E-state index in [1.54, 1.807) is 18.2 Å². The molecule has 14 heavy (non-hydrogen) atoms. The lowest BCUT2D eigenvalue weighted by Crippen LogP contribution is -2.15. The summed E-state index contributed by atoms with van der Waals surface area (Å²) in [5, 5.41) is 9.25. The molecule has 0 saturated carbocycles. The molecule has 0 saturated heterocycles. The lowest BCUT2D eigenvalue weighted by atomic mass is 10.0. The zero-order valence-electron chi connectivity index (χ0n) is 7.61. The summed E-state index contributed by atoms with van der Waals surface area (Å²) in [6.45, 7) is 0.545. The van der Waals surface area contributed by atoms with Crippen molar-refractivity contribution in [3.05, 3.63) is 28.2 Å². The van der Waals surface area contributed by atoms with Gasteiger partial charge >= 0.3 is 0 Å². The zero-order valence-corrected chi connectivity index (χ0v) is 10.0. The number of rotatable bonds is 3. The Hall–Kier alpha value is -0.290. The molecule has 3 nitrogen and oxygen atoms in total. The highest BCUT2D eigenvalue weighted by Crippen LogP contribution is 2.27. The first-order valence-electron chi connectivity index (χ1n) is 4.09. The first-order chi connectivity index (χ1) is 6.15. The van der Waals surface area contributed by atoms with Crippen molar-refractivity contribution in [2.24, 2.45) is 11.5 Å². The molecule has 1 aromatic carbocycles. The molecule has 80 valence electrons. The second-order valence-electron chi connectivity index (χ2n) is 2.89. The Morgan fingerprint density at radius 3 is 2.64 bits per heavy atom. The molecule has 1 atom stereocenters. The van der Waals surface area contributed by atoms with Gasteiger partial charge in [-0.25, -0.2) is 0 Å². The van der Waals surface area contributed by atoms with E-state index in [4.69, 9.17) is 11.5 Å². The highest BCUT2D eigenvalue weighted by Gasteiger charge is 2.09. The fourth-order valence-corrected chi connectivity index (χ4v) is 1.69. The maximum atomic E-state index is 9.25. The van der Waals surface area contributed by atoms with E-state index in [0.717, 1.165) is 10.0 Å². The minimum absolute atomic E-state index is 0. The summed E-state index contributed by atoms with van der Waals surface area (Å²) < 4.78 is 0.909. The predicted molar refractivity (Wildman–Crippen MR) is 63.7 cm³/mol. The third-order valence-corrected chi connectivity index (χ3v) is 2.58. The van der Waals surface area contributed by atoms with E-state index < -0.39 is 0 Å². The molecular formula is C9H14BrClN2O. The molecule has 0 spiro atoms. The Labute approximate surface area is 98.0 Å². The number of phenols is 1. The van der Waals surface area contributed by atoms with E-state index in [-0.39, 0.29) is 24.2 Å². The van der Waals surface area contributed by atoms with Crippen LogP contribution >= 0.6 is 28.3 Å². The number of phenolic OH excluding ortho intramolecular Hbond substituents is 1. The molecule has 1 aromatic rings. The first kappa shape index (κ1) is 13.7. The topological polar surface area (TPSA) is 72.3 Å². The summed E-state index contributed by atoms with van der Waals surface area (Å²) in [6.07, 6.45) is 0.710. The summed E-state index contributed by atoms with van der Waals surface area (Å²) in [5.74, 6) is 0.227. The van der Waals surface area contributed by atoms with Gasteiger partial charge in [-0.1, -0.05) is 15.9 Å². The third kappa shape index (κ3) is 3.46. The van der Waals surface area contributed by atoms with Crippen LogP contribution in [0.15, 0.2) is 22.7 Å². The second-order valence-corrected chi connectivity index (χ2v) is 3.74. The number of benzene rings is 1. The molecule has 0 heterocycles. The van der Waals surface area contributed by atoms with Gasteiger partial charge in [0.1, 0.15) is 5.75 Å².